The summed E-state index contributed by atoms with van der Waals surface area (Å²) in [5, 5.41) is 14.5. The highest BCUT2D eigenvalue weighted by Gasteiger charge is 2.22. The number of aliphatic hydroxyl groups excluding tert-OH is 1. The monoisotopic (exact) mass is 294 g/mol. The van der Waals surface area contributed by atoms with Crippen LogP contribution in [0.2, 0.25) is 5.02 Å². The molecule has 2 aromatic rings. The van der Waals surface area contributed by atoms with Crippen LogP contribution < -0.4 is 9.47 Å². The second kappa shape index (κ2) is 5.00. The fraction of sp³-hybridized carbons (Fsp3) is 0.357. The van der Waals surface area contributed by atoms with Crippen molar-refractivity contribution < 1.29 is 14.6 Å². The molecule has 0 spiro atoms. The molecular weight excluding hydrogens is 280 g/mol. The first-order chi connectivity index (χ1) is 9.56. The molecule has 3 rings (SSSR count). The van der Waals surface area contributed by atoms with Crippen molar-refractivity contribution in [2.75, 3.05) is 6.61 Å². The van der Waals surface area contributed by atoms with Crippen molar-refractivity contribution in [1.82, 2.24) is 9.78 Å². The van der Waals surface area contributed by atoms with Crippen LogP contribution in [0.4, 0.5) is 0 Å². The van der Waals surface area contributed by atoms with Gasteiger partial charge in [-0.05, 0) is 19.1 Å². The average Bonchev–Trinajstić information content (AvgIpc) is 2.90. The van der Waals surface area contributed by atoms with Crippen LogP contribution in [0.3, 0.4) is 0 Å². The Morgan fingerprint density at radius 1 is 1.55 bits per heavy atom. The first-order valence-electron chi connectivity index (χ1n) is 6.32. The molecule has 1 aromatic carbocycles. The number of aromatic nitrogens is 2. The van der Waals surface area contributed by atoms with E-state index in [-0.39, 0.29) is 0 Å². The molecule has 106 valence electrons. The van der Waals surface area contributed by atoms with Gasteiger partial charge in [-0.15, -0.1) is 0 Å². The third-order valence-electron chi connectivity index (χ3n) is 3.38. The molecular formula is C14H15ClN2O3. The minimum atomic E-state index is -0.548. The minimum Gasteiger partial charge on any atom is -0.490 e. The third kappa shape index (κ3) is 2.23. The van der Waals surface area contributed by atoms with Crippen LogP contribution in [-0.4, -0.2) is 21.5 Å². The summed E-state index contributed by atoms with van der Waals surface area (Å²) in [6, 6.07) is 5.41. The Bertz CT molecular complexity index is 654. The normalized spacial score (nSPS) is 16.9. The Morgan fingerprint density at radius 2 is 2.35 bits per heavy atom. The van der Waals surface area contributed by atoms with Crippen molar-refractivity contribution in [2.45, 2.75) is 19.6 Å². The maximum absolute atomic E-state index is 9.66. The molecule has 1 aliphatic heterocycles. The molecule has 0 radical (unpaired) electrons. The number of hydrogen-bond acceptors (Lipinski definition) is 4. The van der Waals surface area contributed by atoms with E-state index in [2.05, 4.69) is 5.10 Å². The molecule has 0 fully saturated rings. The number of rotatable bonds is 3. The van der Waals surface area contributed by atoms with Crippen LogP contribution in [0.1, 0.15) is 23.1 Å². The molecule has 5 nitrogen and oxygen atoms in total. The summed E-state index contributed by atoms with van der Waals surface area (Å²) in [4.78, 5) is 0. The molecule has 1 atom stereocenters. The van der Waals surface area contributed by atoms with E-state index in [0.29, 0.717) is 29.7 Å². The number of hydrogen-bond donors (Lipinski definition) is 1. The predicted octanol–water partition coefficient (Wildman–Crippen LogP) is 2.39. The van der Waals surface area contributed by atoms with Gasteiger partial charge in [-0.25, -0.2) is 0 Å². The van der Waals surface area contributed by atoms with Crippen molar-refractivity contribution in [3.05, 3.63) is 40.2 Å². The number of fused-ring (bicyclic) bond motifs is 1. The van der Waals surface area contributed by atoms with E-state index in [1.54, 1.807) is 10.7 Å². The van der Waals surface area contributed by atoms with Gasteiger partial charge in [0.1, 0.15) is 30.8 Å². The van der Waals surface area contributed by atoms with Crippen molar-refractivity contribution in [1.29, 1.82) is 0 Å². The van der Waals surface area contributed by atoms with Crippen molar-refractivity contribution >= 4 is 11.6 Å². The summed E-state index contributed by atoms with van der Waals surface area (Å²) in [6.45, 7) is 2.49. The largest absolute Gasteiger partial charge is 0.490 e. The second-order valence-corrected chi connectivity index (χ2v) is 5.16. The van der Waals surface area contributed by atoms with Gasteiger partial charge in [-0.1, -0.05) is 11.6 Å². The molecule has 0 aliphatic carbocycles. The molecule has 1 aliphatic rings. The lowest BCUT2D eigenvalue weighted by Crippen LogP contribution is -2.03. The molecule has 1 N–H and O–H groups in total. The van der Waals surface area contributed by atoms with Crippen LogP contribution >= 0.6 is 11.6 Å². The average molecular weight is 295 g/mol. The first-order valence-corrected chi connectivity index (χ1v) is 6.69. The van der Waals surface area contributed by atoms with Gasteiger partial charge in [0.15, 0.2) is 0 Å². The lowest BCUT2D eigenvalue weighted by molar-refractivity contribution is 0.140. The Morgan fingerprint density at radius 3 is 3.05 bits per heavy atom. The zero-order valence-corrected chi connectivity index (χ0v) is 12.0. The summed E-state index contributed by atoms with van der Waals surface area (Å²) in [5.41, 5.74) is 2.41. The molecule has 20 heavy (non-hydrogen) atoms. The third-order valence-corrected chi connectivity index (χ3v) is 3.87. The van der Waals surface area contributed by atoms with Crippen molar-refractivity contribution in [2.24, 2.45) is 7.05 Å². The van der Waals surface area contributed by atoms with E-state index < -0.39 is 6.10 Å². The van der Waals surface area contributed by atoms with Crippen LogP contribution in [-0.2, 0) is 13.7 Å². The van der Waals surface area contributed by atoms with Gasteiger partial charge >= 0.3 is 0 Å². The zero-order chi connectivity index (χ0) is 14.3. The molecule has 1 aromatic heterocycles. The maximum atomic E-state index is 9.66. The van der Waals surface area contributed by atoms with Crippen LogP contribution in [0.15, 0.2) is 18.2 Å². The van der Waals surface area contributed by atoms with E-state index in [1.807, 2.05) is 26.1 Å². The summed E-state index contributed by atoms with van der Waals surface area (Å²) >= 11 is 6.17. The van der Waals surface area contributed by atoms with E-state index in [0.717, 1.165) is 17.0 Å². The van der Waals surface area contributed by atoms with Crippen molar-refractivity contribution in [3.8, 4) is 11.5 Å². The van der Waals surface area contributed by atoms with Gasteiger partial charge in [0, 0.05) is 18.7 Å². The Labute approximate surface area is 121 Å². The van der Waals surface area contributed by atoms with Crippen LogP contribution in [0, 0.1) is 6.92 Å². The molecule has 0 saturated carbocycles. The minimum absolute atomic E-state index is 0.297. The SMILES string of the molecule is Cc1nn(C)c(COc2ccc3c(c2)OCC3O)c1Cl. The highest BCUT2D eigenvalue weighted by atomic mass is 35.5. The first kappa shape index (κ1) is 13.3. The fourth-order valence-electron chi connectivity index (χ4n) is 2.25. The Balaban J connectivity index is 1.76. The highest BCUT2D eigenvalue weighted by molar-refractivity contribution is 6.31. The number of benzene rings is 1. The van der Waals surface area contributed by atoms with Gasteiger partial charge in [-0.3, -0.25) is 4.68 Å². The topological polar surface area (TPSA) is 56.5 Å². The van der Waals surface area contributed by atoms with E-state index in [1.165, 1.54) is 0 Å². The number of aryl methyl sites for hydroxylation is 2. The quantitative estimate of drug-likeness (QED) is 0.944. The summed E-state index contributed by atoms with van der Waals surface area (Å²) in [7, 11) is 1.83. The number of aliphatic hydroxyl groups is 1. The Hall–Kier alpha value is -1.72. The van der Waals surface area contributed by atoms with Crippen LogP contribution in [0.25, 0.3) is 0 Å². The molecule has 1 unspecified atom stereocenters. The van der Waals surface area contributed by atoms with E-state index in [9.17, 15) is 5.11 Å². The smallest absolute Gasteiger partial charge is 0.131 e. The number of nitrogens with zero attached hydrogens (tertiary/aromatic N) is 2. The van der Waals surface area contributed by atoms with E-state index in [4.69, 9.17) is 21.1 Å². The van der Waals surface area contributed by atoms with Gasteiger partial charge in [-0.2, -0.15) is 5.10 Å². The highest BCUT2D eigenvalue weighted by Crippen LogP contribution is 2.35. The lowest BCUT2D eigenvalue weighted by atomic mass is 10.1. The van der Waals surface area contributed by atoms with Gasteiger partial charge in [0.2, 0.25) is 0 Å². The maximum Gasteiger partial charge on any atom is 0.131 e. The summed E-state index contributed by atoms with van der Waals surface area (Å²) in [6.07, 6.45) is -0.548. The van der Waals surface area contributed by atoms with Crippen molar-refractivity contribution in [3.63, 3.8) is 0 Å². The standard InChI is InChI=1S/C14H15ClN2O3/c1-8-14(15)11(17(2)16-8)6-19-9-3-4-10-12(18)7-20-13(10)5-9/h3-5,12,18H,6-7H2,1-2H3. The number of halogens is 1. The van der Waals surface area contributed by atoms with Gasteiger partial charge in [0.25, 0.3) is 0 Å². The zero-order valence-electron chi connectivity index (χ0n) is 11.3. The molecule has 0 bridgehead atoms. The lowest BCUT2D eigenvalue weighted by Gasteiger charge is -2.08. The second-order valence-electron chi connectivity index (χ2n) is 4.78. The van der Waals surface area contributed by atoms with Gasteiger partial charge < -0.3 is 14.6 Å². The summed E-state index contributed by atoms with van der Waals surface area (Å²) < 4.78 is 12.8. The molecule has 2 heterocycles. The molecule has 0 amide bonds. The molecule has 6 heteroatoms. The number of ether oxygens (including phenoxy) is 2. The van der Waals surface area contributed by atoms with Crippen LogP contribution in [0.5, 0.6) is 11.5 Å². The fourth-order valence-corrected chi connectivity index (χ4v) is 2.47. The van der Waals surface area contributed by atoms with E-state index >= 15 is 0 Å². The molecule has 0 saturated heterocycles. The van der Waals surface area contributed by atoms with Gasteiger partial charge in [0.05, 0.1) is 16.4 Å². The Kier molecular flexibility index (Phi) is 3.31. The predicted molar refractivity (Wildman–Crippen MR) is 74.2 cm³/mol. The summed E-state index contributed by atoms with van der Waals surface area (Å²) in [5.74, 6) is 1.34.